The summed E-state index contributed by atoms with van der Waals surface area (Å²) in [6, 6.07) is 3.19. The Balaban J connectivity index is 0. The summed E-state index contributed by atoms with van der Waals surface area (Å²) in [5.41, 5.74) is 1.37. The smallest absolute Gasteiger partial charge is 0.321 e. The Morgan fingerprint density at radius 3 is 2.12 bits per heavy atom. The second-order valence-electron chi connectivity index (χ2n) is 5.90. The van der Waals surface area contributed by atoms with Gasteiger partial charge in [-0.25, -0.2) is 0 Å². The average Bonchev–Trinajstić information content (AvgIpc) is 3.39. The molecular weight excluding hydrogens is 431 g/mol. The molecule has 2 unspecified atom stereocenters. The number of carbonyl (C=O) groups is 3. The molecule has 1 aromatic rings. The molecule has 0 bridgehead atoms. The van der Waals surface area contributed by atoms with Gasteiger partial charge >= 0.3 is 5.97 Å². The average molecular weight is 458 g/mol. The van der Waals surface area contributed by atoms with Crippen LogP contribution < -0.4 is 5.32 Å². The topological polar surface area (TPSA) is 114 Å². The molecule has 9 heteroatoms. The Morgan fingerprint density at radius 2 is 1.96 bits per heavy atom. The fourth-order valence-electron chi connectivity index (χ4n) is 1.87. The third-order valence-electron chi connectivity index (χ3n) is 3.19. The van der Waals surface area contributed by atoms with E-state index in [2.05, 4.69) is 15.6 Å². The van der Waals surface area contributed by atoms with Crippen molar-refractivity contribution in [3.63, 3.8) is 0 Å². The Labute approximate surface area is 168 Å². The largest absolute Gasteiger partial charge is 0.656 e. The number of likely N-dealkylation sites (N-methyl/N-ethyl adjacent to an activating group) is 1. The van der Waals surface area contributed by atoms with Gasteiger partial charge in [0.25, 0.3) is 0 Å². The molecule has 2 heterocycles. The maximum atomic E-state index is 10.5. The van der Waals surface area contributed by atoms with Crippen molar-refractivity contribution in [1.82, 2.24) is 9.88 Å². The molecule has 2 atom stereocenters. The molecule has 0 amide bonds. The van der Waals surface area contributed by atoms with Crippen LogP contribution in [0.2, 0.25) is 0 Å². The summed E-state index contributed by atoms with van der Waals surface area (Å²) in [6.07, 6.45) is 3.20. The Hall–Kier alpha value is -1.66. The third kappa shape index (κ3) is 11.8. The molecule has 1 aliphatic rings. The summed E-state index contributed by atoms with van der Waals surface area (Å²) in [5, 5.41) is 15.2. The van der Waals surface area contributed by atoms with Gasteiger partial charge in [0.1, 0.15) is 18.0 Å². The predicted octanol–water partition coefficient (Wildman–Crippen LogP) is 1.53. The molecule has 0 aromatic carbocycles. The maximum absolute atomic E-state index is 10.5. The summed E-state index contributed by atoms with van der Waals surface area (Å²) >= 11 is 0. The van der Waals surface area contributed by atoms with Crippen molar-refractivity contribution < 1.29 is 39.9 Å². The number of rotatable bonds is 6. The van der Waals surface area contributed by atoms with E-state index in [4.69, 9.17) is 5.11 Å². The van der Waals surface area contributed by atoms with Crippen LogP contribution in [0.4, 0.5) is 5.69 Å². The molecule has 26 heavy (non-hydrogen) atoms. The number of aromatic nitrogens is 1. The molecule has 0 aliphatic carbocycles. The van der Waals surface area contributed by atoms with E-state index in [-0.39, 0.29) is 38.4 Å². The molecule has 8 nitrogen and oxygen atoms in total. The van der Waals surface area contributed by atoms with Crippen LogP contribution in [0.3, 0.4) is 0 Å². The zero-order valence-electron chi connectivity index (χ0n) is 15.7. The van der Waals surface area contributed by atoms with Gasteiger partial charge < -0.3 is 20.5 Å². The summed E-state index contributed by atoms with van der Waals surface area (Å²) in [7, 11) is 5.36. The zero-order valence-corrected chi connectivity index (χ0v) is 17.2. The summed E-state index contributed by atoms with van der Waals surface area (Å²) in [5.74, 6) is -0.590. The van der Waals surface area contributed by atoms with Crippen molar-refractivity contribution in [2.24, 2.45) is 5.92 Å². The normalized spacial score (nSPS) is 15.3. The molecule has 1 fully saturated rings. The first-order chi connectivity index (χ1) is 11.8. The first kappa shape index (κ1) is 26.6. The molecular formula is C17H27N4O4Pd-. The molecule has 150 valence electrons. The van der Waals surface area contributed by atoms with Gasteiger partial charge in [-0.2, -0.15) is 6.54 Å². The van der Waals surface area contributed by atoms with Gasteiger partial charge in [-0.1, -0.05) is 19.9 Å². The number of carboxylic acids is 1. The number of pyridine rings is 1. The van der Waals surface area contributed by atoms with E-state index in [0.29, 0.717) is 5.69 Å². The van der Waals surface area contributed by atoms with E-state index in [9.17, 15) is 14.4 Å². The summed E-state index contributed by atoms with van der Waals surface area (Å²) in [4.78, 5) is 35.7. The Bertz CT molecular complexity index is 526. The minimum atomic E-state index is -0.750. The number of carbonyl (C=O) groups excluding carboxylic acids is 2. The number of nitrogens with one attached hydrogen (secondary N) is 1. The molecule has 0 spiro atoms. The number of anilines is 1. The van der Waals surface area contributed by atoms with Crippen molar-refractivity contribution >= 4 is 24.2 Å². The van der Waals surface area contributed by atoms with Crippen molar-refractivity contribution in [1.29, 1.82) is 0 Å². The van der Waals surface area contributed by atoms with Gasteiger partial charge in [0.2, 0.25) is 0 Å². The van der Waals surface area contributed by atoms with E-state index < -0.39 is 5.97 Å². The minimum absolute atomic E-state index is 0. The van der Waals surface area contributed by atoms with Crippen LogP contribution in [0.15, 0.2) is 18.3 Å². The Morgan fingerprint density at radius 1 is 1.38 bits per heavy atom. The first-order valence-electron chi connectivity index (χ1n) is 7.86. The van der Waals surface area contributed by atoms with Crippen LogP contribution in [0.5, 0.6) is 0 Å². The summed E-state index contributed by atoms with van der Waals surface area (Å²) in [6.45, 7) is 4.57. The quantitative estimate of drug-likeness (QED) is 0.378. The van der Waals surface area contributed by atoms with E-state index in [0.717, 1.165) is 24.8 Å². The number of carboxylic acid groups (broad SMARTS) is 1. The van der Waals surface area contributed by atoms with Crippen molar-refractivity contribution in [2.45, 2.75) is 25.9 Å². The van der Waals surface area contributed by atoms with Gasteiger partial charge in [0.05, 0.1) is 11.9 Å². The van der Waals surface area contributed by atoms with Crippen molar-refractivity contribution in [3.8, 4) is 0 Å². The zero-order chi connectivity index (χ0) is 19.4. The van der Waals surface area contributed by atoms with Gasteiger partial charge in [-0.3, -0.25) is 19.5 Å². The van der Waals surface area contributed by atoms with Crippen LogP contribution in [0.25, 0.3) is 5.32 Å². The van der Waals surface area contributed by atoms with Gasteiger partial charge in [0.15, 0.2) is 6.29 Å². The number of aliphatic carboxylic acids is 1. The third-order valence-corrected chi connectivity index (χ3v) is 3.19. The molecule has 2 rings (SSSR count). The summed E-state index contributed by atoms with van der Waals surface area (Å²) < 4.78 is 0. The number of hydrogen-bond acceptors (Lipinski definition) is 6. The predicted molar refractivity (Wildman–Crippen MR) is 97.2 cm³/mol. The minimum Gasteiger partial charge on any atom is -0.656 e. The maximum Gasteiger partial charge on any atom is 0.321 e. The van der Waals surface area contributed by atoms with Crippen LogP contribution in [-0.2, 0) is 30.0 Å². The van der Waals surface area contributed by atoms with Crippen molar-refractivity contribution in [3.05, 3.63) is 29.3 Å². The van der Waals surface area contributed by atoms with Crippen molar-refractivity contribution in [2.75, 3.05) is 33.0 Å². The molecule has 2 N–H and O–H groups in total. The monoisotopic (exact) mass is 457 g/mol. The molecule has 0 saturated carbocycles. The van der Waals surface area contributed by atoms with E-state index in [1.165, 1.54) is 0 Å². The first-order valence-corrected chi connectivity index (χ1v) is 7.86. The Kier molecular flexibility index (Phi) is 14.8. The molecule has 1 aliphatic heterocycles. The van der Waals surface area contributed by atoms with Crippen LogP contribution in [0.1, 0.15) is 24.3 Å². The van der Waals surface area contributed by atoms with Gasteiger partial charge in [-0.05, 0) is 32.1 Å². The molecule has 0 radical (unpaired) electrons. The second kappa shape index (κ2) is 14.5. The fourth-order valence-corrected chi connectivity index (χ4v) is 1.87. The molecule has 1 saturated heterocycles. The number of hydrogen-bond donors (Lipinski definition) is 2. The van der Waals surface area contributed by atoms with E-state index in [1.807, 2.05) is 13.8 Å². The second-order valence-corrected chi connectivity index (χ2v) is 5.90. The van der Waals surface area contributed by atoms with Crippen LogP contribution in [0, 0.1) is 5.92 Å². The standard InChI is InChI=1S/C7H8N2O.C7H15NO2.C3H4NO.Pd/c1-8-6-2-3-7(5-10)9-4-6;1-5(2)6(7(9)10)8(3)4;5-2-3-1-4-3;/h2-5,8H,1H3;5-6H,1-4H3,(H,9,10);2-3H,1H2;/q;;-1;. The number of aldehydes is 2. The number of nitrogens with zero attached hydrogens (tertiary/aromatic N) is 3. The van der Waals surface area contributed by atoms with Gasteiger partial charge in [0, 0.05) is 27.5 Å². The molecule has 1 aromatic heterocycles. The fraction of sp³-hybridized carbons (Fsp3) is 0.529. The SMILES string of the molecule is CC(C)C(C(=O)O)N(C)C.CNc1ccc(C=O)nc1.O=CC1C[N-]1.[Pd]. The van der Waals surface area contributed by atoms with E-state index >= 15 is 0 Å². The van der Waals surface area contributed by atoms with Gasteiger partial charge in [-0.15, -0.1) is 0 Å². The van der Waals surface area contributed by atoms with Crippen LogP contribution >= 0.6 is 0 Å². The van der Waals surface area contributed by atoms with Crippen LogP contribution in [-0.4, -0.2) is 73.3 Å². The van der Waals surface area contributed by atoms with E-state index in [1.54, 1.807) is 44.4 Å².